The number of hydrogen-bond acceptors (Lipinski definition) is 4. The van der Waals surface area contributed by atoms with E-state index in [2.05, 4.69) is 15.2 Å². The zero-order chi connectivity index (χ0) is 20.2. The second-order valence-corrected chi connectivity index (χ2v) is 7.71. The number of nitrogens with one attached hydrogen (secondary N) is 2. The zero-order valence-electron chi connectivity index (χ0n) is 16.2. The lowest BCUT2D eigenvalue weighted by molar-refractivity contribution is -0.116. The summed E-state index contributed by atoms with van der Waals surface area (Å²) in [6.07, 6.45) is 3.93. The number of fused-ring (bicyclic) bond motifs is 1. The van der Waals surface area contributed by atoms with Crippen molar-refractivity contribution in [1.82, 2.24) is 9.55 Å². The Morgan fingerprint density at radius 1 is 1.03 bits per heavy atom. The van der Waals surface area contributed by atoms with Crippen molar-refractivity contribution in [2.24, 2.45) is 0 Å². The van der Waals surface area contributed by atoms with E-state index in [0.29, 0.717) is 15.7 Å². The molecule has 1 aliphatic rings. The van der Waals surface area contributed by atoms with Gasteiger partial charge in [0, 0.05) is 37.4 Å². The molecule has 150 valence electrons. The minimum atomic E-state index is -0.178. The molecule has 0 aliphatic carbocycles. The molecule has 1 fully saturated rings. The molecule has 0 saturated carbocycles. The van der Waals surface area contributed by atoms with Crippen molar-refractivity contribution in [2.75, 3.05) is 23.3 Å². The Hall–Kier alpha value is -2.93. The molecule has 2 heterocycles. The molecule has 7 heteroatoms. The second-order valence-electron chi connectivity index (χ2n) is 7.33. The third-order valence-electron chi connectivity index (χ3n) is 5.32. The van der Waals surface area contributed by atoms with Crippen molar-refractivity contribution in [2.45, 2.75) is 32.2 Å². The number of para-hydroxylation sites is 1. The van der Waals surface area contributed by atoms with Gasteiger partial charge in [0.15, 0.2) is 4.77 Å². The summed E-state index contributed by atoms with van der Waals surface area (Å²) < 4.78 is 1.77. The number of aromatic nitrogens is 2. The number of amides is 1. The number of piperidine rings is 1. The summed E-state index contributed by atoms with van der Waals surface area (Å²) in [5, 5.41) is 3.47. The molecule has 4 rings (SSSR count). The number of nitrogens with zero attached hydrogens (tertiary/aromatic N) is 2. The van der Waals surface area contributed by atoms with Crippen LogP contribution >= 0.6 is 12.2 Å². The van der Waals surface area contributed by atoms with Crippen molar-refractivity contribution in [3.63, 3.8) is 0 Å². The van der Waals surface area contributed by atoms with Crippen LogP contribution in [0, 0.1) is 4.77 Å². The smallest absolute Gasteiger partial charge is 0.262 e. The number of carbonyl (C=O) groups is 1. The monoisotopic (exact) mass is 408 g/mol. The fraction of sp³-hybridized carbons (Fsp3) is 0.318. The van der Waals surface area contributed by atoms with E-state index in [-0.39, 0.29) is 24.4 Å². The van der Waals surface area contributed by atoms with E-state index in [9.17, 15) is 9.59 Å². The van der Waals surface area contributed by atoms with Crippen molar-refractivity contribution in [3.05, 3.63) is 63.7 Å². The molecule has 0 bridgehead atoms. The number of carbonyl (C=O) groups excluding carboxylic acids is 1. The van der Waals surface area contributed by atoms with Crippen molar-refractivity contribution in [3.8, 4) is 0 Å². The van der Waals surface area contributed by atoms with Gasteiger partial charge in [-0.1, -0.05) is 12.1 Å². The first-order valence-corrected chi connectivity index (χ1v) is 10.4. The highest BCUT2D eigenvalue weighted by Crippen LogP contribution is 2.21. The summed E-state index contributed by atoms with van der Waals surface area (Å²) in [4.78, 5) is 30.5. The fourth-order valence-electron chi connectivity index (χ4n) is 3.75. The van der Waals surface area contributed by atoms with Gasteiger partial charge >= 0.3 is 0 Å². The first-order chi connectivity index (χ1) is 14.1. The molecule has 2 N–H and O–H groups in total. The number of hydrogen-bond donors (Lipinski definition) is 2. The van der Waals surface area contributed by atoms with Crippen LogP contribution in [0.2, 0.25) is 0 Å². The first-order valence-electron chi connectivity index (χ1n) is 9.98. The van der Waals surface area contributed by atoms with Crippen LogP contribution in [-0.4, -0.2) is 28.5 Å². The molecule has 1 amide bonds. The van der Waals surface area contributed by atoms with Crippen LogP contribution in [0.3, 0.4) is 0 Å². The number of benzene rings is 2. The zero-order valence-corrected chi connectivity index (χ0v) is 17.0. The molecule has 1 aliphatic heterocycles. The molecule has 0 atom stereocenters. The van der Waals surface area contributed by atoms with Gasteiger partial charge in [0.05, 0.1) is 10.9 Å². The predicted octanol–water partition coefficient (Wildman–Crippen LogP) is 4.08. The Labute approximate surface area is 174 Å². The van der Waals surface area contributed by atoms with Crippen LogP contribution in [0.25, 0.3) is 10.9 Å². The molecular formula is C22H24N4O2S. The number of aromatic amines is 1. The molecule has 1 aromatic heterocycles. The van der Waals surface area contributed by atoms with Crippen LogP contribution in [-0.2, 0) is 11.3 Å². The van der Waals surface area contributed by atoms with Gasteiger partial charge in [-0.2, -0.15) is 0 Å². The van der Waals surface area contributed by atoms with Crippen LogP contribution < -0.4 is 15.8 Å². The topological polar surface area (TPSA) is 70.1 Å². The third kappa shape index (κ3) is 4.40. The molecule has 0 unspecified atom stereocenters. The van der Waals surface area contributed by atoms with E-state index in [1.165, 1.54) is 29.5 Å². The molecular weight excluding hydrogens is 384 g/mol. The number of H-pyrrole nitrogens is 1. The maximum atomic E-state index is 12.6. The van der Waals surface area contributed by atoms with Gasteiger partial charge in [0.25, 0.3) is 5.56 Å². The summed E-state index contributed by atoms with van der Waals surface area (Å²) in [6.45, 7) is 2.41. The maximum Gasteiger partial charge on any atom is 0.262 e. The van der Waals surface area contributed by atoms with Crippen molar-refractivity contribution >= 4 is 40.4 Å². The minimum Gasteiger partial charge on any atom is -0.372 e. The van der Waals surface area contributed by atoms with E-state index in [4.69, 9.17) is 12.2 Å². The van der Waals surface area contributed by atoms with E-state index in [1.54, 1.807) is 6.07 Å². The van der Waals surface area contributed by atoms with Crippen molar-refractivity contribution in [1.29, 1.82) is 0 Å². The Morgan fingerprint density at radius 2 is 1.76 bits per heavy atom. The molecule has 2 aromatic carbocycles. The molecule has 1 saturated heterocycles. The number of rotatable bonds is 5. The Morgan fingerprint density at radius 3 is 2.52 bits per heavy atom. The summed E-state index contributed by atoms with van der Waals surface area (Å²) in [6, 6.07) is 15.2. The lowest BCUT2D eigenvalue weighted by Gasteiger charge is -2.28. The third-order valence-corrected chi connectivity index (χ3v) is 5.65. The minimum absolute atomic E-state index is 0.148. The lowest BCUT2D eigenvalue weighted by atomic mass is 10.1. The van der Waals surface area contributed by atoms with Gasteiger partial charge in [-0.25, -0.2) is 0 Å². The highest BCUT2D eigenvalue weighted by Gasteiger charge is 2.11. The van der Waals surface area contributed by atoms with Gasteiger partial charge in [0.1, 0.15) is 0 Å². The van der Waals surface area contributed by atoms with E-state index in [0.717, 1.165) is 18.8 Å². The lowest BCUT2D eigenvalue weighted by Crippen LogP contribution is -2.29. The van der Waals surface area contributed by atoms with Crippen LogP contribution in [0.5, 0.6) is 0 Å². The highest BCUT2D eigenvalue weighted by molar-refractivity contribution is 7.71. The average Bonchev–Trinajstić information content (AvgIpc) is 2.75. The summed E-state index contributed by atoms with van der Waals surface area (Å²) in [7, 11) is 0. The van der Waals surface area contributed by atoms with Crippen molar-refractivity contribution < 1.29 is 4.79 Å². The Bertz CT molecular complexity index is 1130. The second kappa shape index (κ2) is 8.61. The summed E-state index contributed by atoms with van der Waals surface area (Å²) >= 11 is 5.30. The molecule has 29 heavy (non-hydrogen) atoms. The van der Waals surface area contributed by atoms with Gasteiger partial charge < -0.3 is 15.2 Å². The molecule has 0 spiro atoms. The Kier molecular flexibility index (Phi) is 5.76. The first kappa shape index (κ1) is 19.4. The predicted molar refractivity (Wildman–Crippen MR) is 119 cm³/mol. The van der Waals surface area contributed by atoms with E-state index < -0.39 is 0 Å². The van der Waals surface area contributed by atoms with E-state index >= 15 is 0 Å². The maximum absolute atomic E-state index is 12.6. The summed E-state index contributed by atoms with van der Waals surface area (Å²) in [5.74, 6) is -0.148. The average molecular weight is 409 g/mol. The molecule has 3 aromatic rings. The fourth-order valence-corrected chi connectivity index (χ4v) is 4.03. The van der Waals surface area contributed by atoms with Gasteiger partial charge in [-0.3, -0.25) is 14.2 Å². The SMILES string of the molecule is O=C(CCn1c(=S)[nH]c2ccccc2c1=O)Nc1ccc(N2CCCCC2)cc1. The largest absolute Gasteiger partial charge is 0.372 e. The highest BCUT2D eigenvalue weighted by atomic mass is 32.1. The van der Waals surface area contributed by atoms with Gasteiger partial charge in [-0.05, 0) is 67.9 Å². The molecule has 0 radical (unpaired) electrons. The number of anilines is 2. The van der Waals surface area contributed by atoms with E-state index in [1.807, 2.05) is 42.5 Å². The van der Waals surface area contributed by atoms with Crippen LogP contribution in [0.1, 0.15) is 25.7 Å². The normalized spacial score (nSPS) is 14.1. The quantitative estimate of drug-likeness (QED) is 0.624. The van der Waals surface area contributed by atoms with Crippen LogP contribution in [0.15, 0.2) is 53.3 Å². The Balaban J connectivity index is 1.40. The van der Waals surface area contributed by atoms with Crippen LogP contribution in [0.4, 0.5) is 11.4 Å². The standard InChI is InChI=1S/C22H24N4O2S/c27-20(23-16-8-10-17(11-9-16)25-13-4-1-5-14-25)12-15-26-21(28)18-6-2-3-7-19(18)24-22(26)29/h2-3,6-11H,1,4-5,12-15H2,(H,23,27)(H,24,29). The molecule has 6 nitrogen and oxygen atoms in total. The van der Waals surface area contributed by atoms with Gasteiger partial charge in [0.2, 0.25) is 5.91 Å². The summed E-state index contributed by atoms with van der Waals surface area (Å²) in [5.41, 5.74) is 2.48. The van der Waals surface area contributed by atoms with Gasteiger partial charge in [-0.15, -0.1) is 0 Å².